The fourth-order valence-electron chi connectivity index (χ4n) is 3.17. The Balaban J connectivity index is 1.97. The van der Waals surface area contributed by atoms with E-state index in [2.05, 4.69) is 22.6 Å². The number of amides is 1. The molecule has 3 rings (SSSR count). The van der Waals surface area contributed by atoms with Gasteiger partial charge in [0.15, 0.2) is 23.3 Å². The highest BCUT2D eigenvalue weighted by Gasteiger charge is 2.32. The fourth-order valence-corrected chi connectivity index (χ4v) is 5.01. The molecule has 0 bridgehead atoms. The van der Waals surface area contributed by atoms with Gasteiger partial charge in [-0.15, -0.1) is 0 Å². The number of carboxylic acid groups (broad SMARTS) is 1. The Morgan fingerprint density at radius 1 is 1.21 bits per heavy atom. The normalized spacial score (nSPS) is 16.0. The lowest BCUT2D eigenvalue weighted by Crippen LogP contribution is -2.28. The van der Waals surface area contributed by atoms with Crippen LogP contribution in [0.25, 0.3) is 6.08 Å². The minimum atomic E-state index is -1.07. The van der Waals surface area contributed by atoms with Gasteiger partial charge in [-0.2, -0.15) is 0 Å². The van der Waals surface area contributed by atoms with Crippen LogP contribution in [0.15, 0.2) is 40.2 Å². The summed E-state index contributed by atoms with van der Waals surface area (Å²) in [6, 6.07) is 9.65. The lowest BCUT2D eigenvalue weighted by atomic mass is 10.1. The predicted octanol–water partition coefficient (Wildman–Crippen LogP) is 5.39. The van der Waals surface area contributed by atoms with Gasteiger partial charge in [0, 0.05) is 6.54 Å². The zero-order chi connectivity index (χ0) is 24.1. The summed E-state index contributed by atoms with van der Waals surface area (Å²) >= 11 is 3.41. The van der Waals surface area contributed by atoms with E-state index in [4.69, 9.17) is 19.6 Å². The highest BCUT2D eigenvalue weighted by Crippen LogP contribution is 2.38. The van der Waals surface area contributed by atoms with Crippen molar-refractivity contribution in [3.63, 3.8) is 0 Å². The number of hydrogen-bond acceptors (Lipinski definition) is 6. The van der Waals surface area contributed by atoms with Crippen molar-refractivity contribution in [3.05, 3.63) is 55.5 Å². The molecule has 0 atom stereocenters. The standard InChI is InChI=1S/C24H25IN2O5S/c1-5-27-23(30)20(33-24(27)26-18-9-14(3)7-8-15(18)4)12-16-10-17(25)22(32-13-21(28)29)19(11-16)31-6-2/h7-12H,5-6,13H2,1-4H3,(H,28,29)/b20-12+,26-24?. The van der Waals surface area contributed by atoms with Crippen LogP contribution in [0.1, 0.15) is 30.5 Å². The van der Waals surface area contributed by atoms with Gasteiger partial charge in [0.2, 0.25) is 0 Å². The average molecular weight is 580 g/mol. The molecule has 174 valence electrons. The van der Waals surface area contributed by atoms with Crippen molar-refractivity contribution in [1.82, 2.24) is 4.90 Å². The molecule has 0 saturated carbocycles. The van der Waals surface area contributed by atoms with Crippen molar-refractivity contribution in [3.8, 4) is 11.5 Å². The molecule has 1 saturated heterocycles. The summed E-state index contributed by atoms with van der Waals surface area (Å²) in [7, 11) is 0. The third-order valence-electron chi connectivity index (χ3n) is 4.75. The molecule has 0 aromatic heterocycles. The largest absolute Gasteiger partial charge is 0.490 e. The third-order valence-corrected chi connectivity index (χ3v) is 6.56. The van der Waals surface area contributed by atoms with E-state index in [0.29, 0.717) is 38.3 Å². The van der Waals surface area contributed by atoms with Gasteiger partial charge >= 0.3 is 5.97 Å². The lowest BCUT2D eigenvalue weighted by Gasteiger charge is -2.14. The second-order valence-corrected chi connectivity index (χ2v) is 9.46. The minimum absolute atomic E-state index is 0.106. The molecule has 1 aliphatic rings. The van der Waals surface area contributed by atoms with Crippen LogP contribution in [-0.2, 0) is 9.59 Å². The summed E-state index contributed by atoms with van der Waals surface area (Å²) in [5, 5.41) is 9.58. The first kappa shape index (κ1) is 25.1. The first-order valence-corrected chi connectivity index (χ1v) is 12.3. The fraction of sp³-hybridized carbons (Fsp3) is 0.292. The molecular weight excluding hydrogens is 555 g/mol. The molecule has 0 aliphatic carbocycles. The number of likely N-dealkylation sites (N-methyl/N-ethyl adjacent to an activating group) is 1. The molecule has 2 aromatic carbocycles. The van der Waals surface area contributed by atoms with Gasteiger partial charge in [-0.3, -0.25) is 9.69 Å². The van der Waals surface area contributed by atoms with Gasteiger partial charge in [0.1, 0.15) is 0 Å². The number of thioether (sulfide) groups is 1. The number of aryl methyl sites for hydroxylation is 2. The Morgan fingerprint density at radius 3 is 2.64 bits per heavy atom. The van der Waals surface area contributed by atoms with Crippen LogP contribution in [0.2, 0.25) is 0 Å². The Bertz CT molecular complexity index is 1150. The van der Waals surface area contributed by atoms with E-state index in [1.54, 1.807) is 17.0 Å². The van der Waals surface area contributed by atoms with Gasteiger partial charge in [-0.1, -0.05) is 12.1 Å². The second kappa shape index (κ2) is 11.1. The number of rotatable bonds is 8. The quantitative estimate of drug-likeness (QED) is 0.333. The topological polar surface area (TPSA) is 88.4 Å². The number of carbonyl (C=O) groups excluding carboxylic acids is 1. The first-order chi connectivity index (χ1) is 15.7. The van der Waals surface area contributed by atoms with Crippen molar-refractivity contribution in [2.24, 2.45) is 4.99 Å². The van der Waals surface area contributed by atoms with Gasteiger partial charge in [0.25, 0.3) is 5.91 Å². The third kappa shape index (κ3) is 6.08. The summed E-state index contributed by atoms with van der Waals surface area (Å²) < 4.78 is 11.8. The zero-order valence-corrected chi connectivity index (χ0v) is 21.8. The van der Waals surface area contributed by atoms with Gasteiger partial charge in [0.05, 0.1) is 20.8 Å². The summed E-state index contributed by atoms with van der Waals surface area (Å²) in [6.45, 7) is 8.21. The molecule has 1 heterocycles. The highest BCUT2D eigenvalue weighted by atomic mass is 127. The van der Waals surface area contributed by atoms with E-state index in [-0.39, 0.29) is 5.91 Å². The molecule has 1 amide bonds. The van der Waals surface area contributed by atoms with Crippen molar-refractivity contribution in [2.45, 2.75) is 27.7 Å². The maximum atomic E-state index is 13.1. The minimum Gasteiger partial charge on any atom is -0.490 e. The predicted molar refractivity (Wildman–Crippen MR) is 139 cm³/mol. The Hall–Kier alpha value is -2.53. The molecule has 0 unspecified atom stereocenters. The number of halogens is 1. The summed E-state index contributed by atoms with van der Waals surface area (Å²) in [6.07, 6.45) is 1.80. The van der Waals surface area contributed by atoms with Crippen LogP contribution in [0.3, 0.4) is 0 Å². The second-order valence-electron chi connectivity index (χ2n) is 7.29. The lowest BCUT2D eigenvalue weighted by molar-refractivity contribution is -0.139. The maximum Gasteiger partial charge on any atom is 0.341 e. The van der Waals surface area contributed by atoms with E-state index >= 15 is 0 Å². The zero-order valence-electron chi connectivity index (χ0n) is 18.8. The van der Waals surface area contributed by atoms with Crippen LogP contribution in [0.4, 0.5) is 5.69 Å². The van der Waals surface area contributed by atoms with E-state index < -0.39 is 12.6 Å². The number of aliphatic carboxylic acids is 1. The molecule has 7 nitrogen and oxygen atoms in total. The van der Waals surface area contributed by atoms with Crippen molar-refractivity contribution in [2.75, 3.05) is 19.8 Å². The van der Waals surface area contributed by atoms with Crippen LogP contribution < -0.4 is 9.47 Å². The number of carboxylic acids is 1. The van der Waals surface area contributed by atoms with Crippen LogP contribution in [0.5, 0.6) is 11.5 Å². The molecule has 1 aliphatic heterocycles. The summed E-state index contributed by atoms with van der Waals surface area (Å²) in [5.74, 6) is -0.363. The molecule has 1 fully saturated rings. The van der Waals surface area contributed by atoms with Crippen LogP contribution >= 0.6 is 34.4 Å². The van der Waals surface area contributed by atoms with Crippen LogP contribution in [0, 0.1) is 17.4 Å². The van der Waals surface area contributed by atoms with E-state index in [1.165, 1.54) is 11.8 Å². The SMILES string of the molecule is CCOc1cc(/C=C2/SC(=Nc3cc(C)ccc3C)N(CC)C2=O)cc(I)c1OCC(=O)O. The molecule has 2 aromatic rings. The highest BCUT2D eigenvalue weighted by molar-refractivity contribution is 14.1. The Morgan fingerprint density at radius 2 is 1.97 bits per heavy atom. The number of amidine groups is 1. The van der Waals surface area contributed by atoms with Crippen molar-refractivity contribution < 1.29 is 24.2 Å². The molecule has 0 radical (unpaired) electrons. The smallest absolute Gasteiger partial charge is 0.341 e. The number of nitrogens with zero attached hydrogens (tertiary/aromatic N) is 2. The molecular formula is C24H25IN2O5S. The number of hydrogen-bond donors (Lipinski definition) is 1. The molecule has 1 N–H and O–H groups in total. The monoisotopic (exact) mass is 580 g/mol. The van der Waals surface area contributed by atoms with Crippen molar-refractivity contribution in [1.29, 1.82) is 0 Å². The van der Waals surface area contributed by atoms with E-state index in [9.17, 15) is 9.59 Å². The number of carbonyl (C=O) groups is 2. The van der Waals surface area contributed by atoms with Crippen LogP contribution in [-0.4, -0.2) is 46.8 Å². The average Bonchev–Trinajstić information content (AvgIpc) is 3.04. The van der Waals surface area contributed by atoms with Gasteiger partial charge < -0.3 is 14.6 Å². The summed E-state index contributed by atoms with van der Waals surface area (Å²) in [4.78, 5) is 31.0. The first-order valence-electron chi connectivity index (χ1n) is 10.4. The number of benzene rings is 2. The van der Waals surface area contributed by atoms with E-state index in [0.717, 1.165) is 22.4 Å². The summed E-state index contributed by atoms with van der Waals surface area (Å²) in [5.41, 5.74) is 3.75. The Labute approximate surface area is 211 Å². The van der Waals surface area contributed by atoms with Crippen molar-refractivity contribution >= 4 is 63.2 Å². The van der Waals surface area contributed by atoms with Gasteiger partial charge in [-0.05, 0) is 103 Å². The maximum absolute atomic E-state index is 13.1. The van der Waals surface area contributed by atoms with Gasteiger partial charge in [-0.25, -0.2) is 9.79 Å². The molecule has 33 heavy (non-hydrogen) atoms. The Kier molecular flexibility index (Phi) is 8.41. The molecule has 9 heteroatoms. The van der Waals surface area contributed by atoms with E-state index in [1.807, 2.05) is 52.0 Å². The number of aliphatic imine (C=N–C) groups is 1. The number of ether oxygens (including phenoxy) is 2. The molecule has 0 spiro atoms.